The second kappa shape index (κ2) is 14.2. The van der Waals surface area contributed by atoms with Gasteiger partial charge >= 0.3 is 30.3 Å². The summed E-state index contributed by atoms with van der Waals surface area (Å²) in [7, 11) is 1.58. The third-order valence-electron chi connectivity index (χ3n) is 4.81. The number of nitrogens with zero attached hydrogens (tertiary/aromatic N) is 3. The van der Waals surface area contributed by atoms with E-state index in [4.69, 9.17) is 31.4 Å². The summed E-state index contributed by atoms with van der Waals surface area (Å²) in [6, 6.07) is 7.44. The van der Waals surface area contributed by atoms with Crippen molar-refractivity contribution in [2.24, 2.45) is 0 Å². The molecule has 2 aromatic heterocycles. The summed E-state index contributed by atoms with van der Waals surface area (Å²) in [5.41, 5.74) is 4.39. The van der Waals surface area contributed by atoms with Crippen molar-refractivity contribution in [2.75, 3.05) is 23.0 Å². The predicted octanol–water partition coefficient (Wildman–Crippen LogP) is 5.13. The lowest BCUT2D eigenvalue weighted by atomic mass is 10.0. The minimum Gasteiger partial charge on any atom is -0.475 e. The van der Waals surface area contributed by atoms with Crippen molar-refractivity contribution in [1.29, 1.82) is 0 Å². The number of carboxylic acid groups (broad SMARTS) is 2. The number of nitrogens with one attached hydrogen (secondary N) is 4. The lowest BCUT2D eigenvalue weighted by Crippen LogP contribution is -2.25. The topological polar surface area (TPSA) is 178 Å². The third kappa shape index (κ3) is 10.6. The molecule has 0 unspecified atom stereocenters. The highest BCUT2D eigenvalue weighted by Gasteiger charge is 2.38. The van der Waals surface area contributed by atoms with Crippen molar-refractivity contribution in [3.8, 4) is 0 Å². The van der Waals surface area contributed by atoms with Crippen molar-refractivity contribution in [3.05, 3.63) is 59.0 Å². The molecule has 0 aliphatic carbocycles. The van der Waals surface area contributed by atoms with Crippen molar-refractivity contribution < 1.29 is 50.9 Å². The first kappa shape index (κ1) is 33.3. The van der Waals surface area contributed by atoms with Crippen molar-refractivity contribution >= 4 is 58.4 Å². The van der Waals surface area contributed by atoms with Gasteiger partial charge in [0.25, 0.3) is 0 Å². The Kier molecular flexibility index (Phi) is 11.2. The Morgan fingerprint density at radius 3 is 2.10 bits per heavy atom. The van der Waals surface area contributed by atoms with E-state index in [9.17, 15) is 31.1 Å². The van der Waals surface area contributed by atoms with Crippen LogP contribution in [0.15, 0.2) is 42.9 Å². The van der Waals surface area contributed by atoms with Gasteiger partial charge in [0.1, 0.15) is 5.02 Å². The second-order valence-corrected chi connectivity index (χ2v) is 8.31. The van der Waals surface area contributed by atoms with E-state index >= 15 is 0 Å². The maximum atomic E-state index is 11.8. The van der Waals surface area contributed by atoms with Gasteiger partial charge < -0.3 is 31.5 Å². The number of hydrogen-bond acceptors (Lipinski definition) is 8. The van der Waals surface area contributed by atoms with Gasteiger partial charge in [0, 0.05) is 24.6 Å². The molecule has 6 bridgehead atoms. The van der Waals surface area contributed by atoms with Gasteiger partial charge in [-0.05, 0) is 48.2 Å². The third-order valence-corrected chi connectivity index (χ3v) is 5.08. The summed E-state index contributed by atoms with van der Waals surface area (Å²) < 4.78 is 63.5. The van der Waals surface area contributed by atoms with Crippen molar-refractivity contribution in [3.63, 3.8) is 0 Å². The van der Waals surface area contributed by atoms with E-state index in [1.165, 1.54) is 0 Å². The van der Waals surface area contributed by atoms with Crippen LogP contribution in [-0.4, -0.2) is 62.5 Å². The summed E-state index contributed by atoms with van der Waals surface area (Å²) in [5, 5.41) is 26.5. The molecule has 3 aromatic rings. The van der Waals surface area contributed by atoms with E-state index in [0.717, 1.165) is 41.0 Å². The maximum Gasteiger partial charge on any atom is 0.490 e. The van der Waals surface area contributed by atoms with E-state index < -0.39 is 24.3 Å². The molecule has 4 rings (SSSR count). The molecule has 19 heteroatoms. The average Bonchev–Trinajstić information content (AvgIpc) is 2.90. The van der Waals surface area contributed by atoms with Crippen LogP contribution in [0.3, 0.4) is 0 Å². The summed E-state index contributed by atoms with van der Waals surface area (Å²) in [5.74, 6) is -4.61. The van der Waals surface area contributed by atoms with Crippen LogP contribution in [0.25, 0.3) is 0 Å². The maximum absolute atomic E-state index is 11.8. The van der Waals surface area contributed by atoms with Gasteiger partial charge in [-0.15, -0.1) is 0 Å². The smallest absolute Gasteiger partial charge is 0.475 e. The summed E-state index contributed by atoms with van der Waals surface area (Å²) >= 11 is 6.26. The molecule has 0 radical (unpaired) electrons. The monoisotopic (exact) mass is 623 g/mol. The molecule has 1 aliphatic rings. The van der Waals surface area contributed by atoms with Crippen LogP contribution < -0.4 is 21.3 Å². The van der Waals surface area contributed by atoms with E-state index in [0.29, 0.717) is 16.8 Å². The second-order valence-electron chi connectivity index (χ2n) is 7.90. The van der Waals surface area contributed by atoms with E-state index in [1.807, 2.05) is 30.5 Å². The molecule has 226 valence electrons. The van der Waals surface area contributed by atoms with Gasteiger partial charge in [-0.1, -0.05) is 11.6 Å². The number of benzene rings is 1. The number of rotatable bonds is 1. The number of fused-ring (bicyclic) bond motifs is 6. The summed E-state index contributed by atoms with van der Waals surface area (Å²) in [4.78, 5) is 42.5. The lowest BCUT2D eigenvalue weighted by molar-refractivity contribution is -0.193. The number of urea groups is 1. The molecule has 6 N–H and O–H groups in total. The minimum absolute atomic E-state index is 0.267. The van der Waals surface area contributed by atoms with Crippen molar-refractivity contribution in [1.82, 2.24) is 20.3 Å². The summed E-state index contributed by atoms with van der Waals surface area (Å²) in [6.07, 6.45) is -3.61. The van der Waals surface area contributed by atoms with Crippen LogP contribution >= 0.6 is 11.6 Å². The Hall–Kier alpha value is -4.87. The number of hydrogen-bond donors (Lipinski definition) is 6. The van der Waals surface area contributed by atoms with Crippen LogP contribution in [0.2, 0.25) is 5.02 Å². The number of aliphatic carboxylic acids is 2. The molecule has 2 amide bonds. The first-order valence-corrected chi connectivity index (χ1v) is 11.6. The molecule has 0 spiro atoms. The fourth-order valence-corrected chi connectivity index (χ4v) is 3.08. The van der Waals surface area contributed by atoms with Gasteiger partial charge in [0.15, 0.2) is 5.82 Å². The number of pyridine rings is 1. The van der Waals surface area contributed by atoms with Gasteiger partial charge in [-0.2, -0.15) is 31.3 Å². The zero-order chi connectivity index (χ0) is 31.7. The SMILES string of the molecule is CNC(=O)Nc1ccc2cc1CCc1cncc(c1)Nc1ncc(Cl)c(n1)N2.O=C(O)C(F)(F)F.O=C(O)C(F)(F)F. The molecule has 0 fully saturated rings. The number of carbonyl (C=O) groups is 3. The molecule has 1 aromatic carbocycles. The Labute approximate surface area is 237 Å². The highest BCUT2D eigenvalue weighted by molar-refractivity contribution is 6.32. The number of alkyl halides is 6. The highest BCUT2D eigenvalue weighted by Crippen LogP contribution is 2.29. The zero-order valence-electron chi connectivity index (χ0n) is 21.1. The van der Waals surface area contributed by atoms with Crippen molar-refractivity contribution in [2.45, 2.75) is 25.2 Å². The molecule has 0 atom stereocenters. The lowest BCUT2D eigenvalue weighted by Gasteiger charge is -2.14. The summed E-state index contributed by atoms with van der Waals surface area (Å²) in [6.45, 7) is 0. The highest BCUT2D eigenvalue weighted by atomic mass is 35.5. The predicted molar refractivity (Wildman–Crippen MR) is 137 cm³/mol. The molecule has 0 saturated heterocycles. The number of amides is 2. The first-order chi connectivity index (χ1) is 19.5. The molecule has 42 heavy (non-hydrogen) atoms. The Morgan fingerprint density at radius 1 is 0.905 bits per heavy atom. The first-order valence-electron chi connectivity index (χ1n) is 11.2. The molecule has 3 heterocycles. The van der Waals surface area contributed by atoms with Crippen LogP contribution in [0.1, 0.15) is 11.1 Å². The zero-order valence-corrected chi connectivity index (χ0v) is 21.8. The Bertz CT molecular complexity index is 1420. The fourth-order valence-electron chi connectivity index (χ4n) is 2.94. The standard InChI is InChI=1S/C19H18ClN7O.2C2HF3O2/c1-21-19(28)26-16-5-4-13-7-12(16)3-2-11-6-14(9-22-8-11)25-18-23-10-15(20)17(24-13)27-18;2*3-2(4,5)1(6)7/h4-10H,2-3H2,1H3,(H2,21,26,28)(H2,23,24,25,27);2*(H,6,7). The van der Waals surface area contributed by atoms with Gasteiger partial charge in [0.2, 0.25) is 5.95 Å². The van der Waals surface area contributed by atoms with E-state index in [-0.39, 0.29) is 6.03 Å². The van der Waals surface area contributed by atoms with Gasteiger partial charge in [-0.25, -0.2) is 19.4 Å². The van der Waals surface area contributed by atoms with Crippen LogP contribution in [-0.2, 0) is 22.4 Å². The largest absolute Gasteiger partial charge is 0.490 e. The normalized spacial score (nSPS) is 12.0. The van der Waals surface area contributed by atoms with Crippen LogP contribution in [0, 0.1) is 0 Å². The molecule has 12 nitrogen and oxygen atoms in total. The van der Waals surface area contributed by atoms with E-state index in [2.05, 4.69) is 36.2 Å². The van der Waals surface area contributed by atoms with Gasteiger partial charge in [0.05, 0.1) is 18.1 Å². The average molecular weight is 624 g/mol. The number of aryl methyl sites for hydroxylation is 2. The molecule has 0 saturated carbocycles. The number of carbonyl (C=O) groups excluding carboxylic acids is 1. The van der Waals surface area contributed by atoms with Crippen LogP contribution in [0.4, 0.5) is 60.0 Å². The quantitative estimate of drug-likeness (QED) is 0.199. The van der Waals surface area contributed by atoms with Crippen LogP contribution in [0.5, 0.6) is 0 Å². The Balaban J connectivity index is 0.000000367. The van der Waals surface area contributed by atoms with E-state index in [1.54, 1.807) is 19.4 Å². The number of carboxylic acids is 2. The molecular formula is C23H20ClF6N7O5. The molecular weight excluding hydrogens is 604 g/mol. The Morgan fingerprint density at radius 2 is 1.52 bits per heavy atom. The molecule has 1 aliphatic heterocycles. The fraction of sp³-hybridized carbons (Fsp3) is 0.217. The number of anilines is 5. The minimum atomic E-state index is -5.08. The van der Waals surface area contributed by atoms with Gasteiger partial charge in [-0.3, -0.25) is 4.98 Å². The number of aromatic nitrogens is 3. The number of halogens is 7.